The lowest BCUT2D eigenvalue weighted by Gasteiger charge is -2.16. The molecule has 5 nitrogen and oxygen atoms in total. The van der Waals surface area contributed by atoms with Gasteiger partial charge in [-0.3, -0.25) is 0 Å². The number of ether oxygens (including phenoxy) is 3. The molecule has 0 saturated heterocycles. The van der Waals surface area contributed by atoms with Crippen molar-refractivity contribution in [1.82, 2.24) is 9.55 Å². The lowest BCUT2D eigenvalue weighted by Crippen LogP contribution is -2.05. The molecule has 0 aliphatic carbocycles. The first-order chi connectivity index (χ1) is 14.5. The third-order valence-corrected chi connectivity index (χ3v) is 5.35. The molecule has 0 bridgehead atoms. The number of rotatable bonds is 6. The molecule has 1 aromatic heterocycles. The van der Waals surface area contributed by atoms with E-state index in [1.54, 1.807) is 21.3 Å². The maximum atomic E-state index is 5.55. The summed E-state index contributed by atoms with van der Waals surface area (Å²) in [5.74, 6) is 2.82. The summed E-state index contributed by atoms with van der Waals surface area (Å²) in [6.45, 7) is 4.83. The highest BCUT2D eigenvalue weighted by Gasteiger charge is 2.18. The van der Waals surface area contributed by atoms with E-state index >= 15 is 0 Å². The van der Waals surface area contributed by atoms with Crippen molar-refractivity contribution in [2.45, 2.75) is 20.4 Å². The van der Waals surface area contributed by atoms with E-state index in [-0.39, 0.29) is 0 Å². The minimum Gasteiger partial charge on any atom is -0.493 e. The normalized spacial score (nSPS) is 11.0. The quantitative estimate of drug-likeness (QED) is 0.434. The number of imidazole rings is 1. The second-order valence-corrected chi connectivity index (χ2v) is 7.36. The third kappa shape index (κ3) is 3.47. The van der Waals surface area contributed by atoms with E-state index in [1.165, 1.54) is 11.1 Å². The molecule has 0 saturated carbocycles. The fraction of sp³-hybridized carbons (Fsp3) is 0.240. The van der Waals surface area contributed by atoms with Gasteiger partial charge in [0, 0.05) is 12.1 Å². The molecule has 4 aromatic rings. The van der Waals surface area contributed by atoms with Crippen LogP contribution >= 0.6 is 0 Å². The second kappa shape index (κ2) is 8.11. The van der Waals surface area contributed by atoms with Gasteiger partial charge in [0.15, 0.2) is 11.5 Å². The minimum atomic E-state index is 0.592. The summed E-state index contributed by atoms with van der Waals surface area (Å²) >= 11 is 0. The van der Waals surface area contributed by atoms with Crippen LogP contribution in [0.5, 0.6) is 17.2 Å². The van der Waals surface area contributed by atoms with Crippen LogP contribution in [0.15, 0.2) is 54.6 Å². The van der Waals surface area contributed by atoms with Crippen molar-refractivity contribution >= 4 is 11.0 Å². The second-order valence-electron chi connectivity index (χ2n) is 7.36. The molecule has 3 aromatic carbocycles. The highest BCUT2D eigenvalue weighted by atomic mass is 16.5. The van der Waals surface area contributed by atoms with Gasteiger partial charge >= 0.3 is 0 Å². The van der Waals surface area contributed by atoms with E-state index in [0.717, 1.165) is 28.0 Å². The van der Waals surface area contributed by atoms with Gasteiger partial charge in [0.2, 0.25) is 5.75 Å². The summed E-state index contributed by atoms with van der Waals surface area (Å²) in [5, 5.41) is 0. The molecule has 1 heterocycles. The van der Waals surface area contributed by atoms with Gasteiger partial charge in [0.1, 0.15) is 5.82 Å². The van der Waals surface area contributed by atoms with Crippen molar-refractivity contribution in [3.63, 3.8) is 0 Å². The Hall–Kier alpha value is -3.47. The third-order valence-electron chi connectivity index (χ3n) is 5.35. The van der Waals surface area contributed by atoms with Crippen LogP contribution < -0.4 is 14.2 Å². The minimum absolute atomic E-state index is 0.592. The zero-order chi connectivity index (χ0) is 21.3. The Morgan fingerprint density at radius 3 is 2.17 bits per heavy atom. The van der Waals surface area contributed by atoms with Crippen LogP contribution in [0.2, 0.25) is 0 Å². The van der Waals surface area contributed by atoms with E-state index in [2.05, 4.69) is 60.9 Å². The van der Waals surface area contributed by atoms with Crippen LogP contribution in [0.25, 0.3) is 22.4 Å². The molecule has 0 fully saturated rings. The topological polar surface area (TPSA) is 45.5 Å². The molecule has 0 unspecified atom stereocenters. The fourth-order valence-corrected chi connectivity index (χ4v) is 3.84. The SMILES string of the molecule is COc1cc(Cn2c(-c3ccccc3C)nc3cc(C)ccc32)cc(OC)c1OC. The Kier molecular flexibility index (Phi) is 5.36. The van der Waals surface area contributed by atoms with E-state index < -0.39 is 0 Å². The summed E-state index contributed by atoms with van der Waals surface area (Å²) in [6.07, 6.45) is 0. The molecule has 0 spiro atoms. The Bertz CT molecular complexity index is 1190. The molecule has 0 aliphatic heterocycles. The van der Waals surface area contributed by atoms with Crippen molar-refractivity contribution in [1.29, 1.82) is 0 Å². The van der Waals surface area contributed by atoms with Crippen LogP contribution in [0.3, 0.4) is 0 Å². The maximum absolute atomic E-state index is 5.55. The van der Waals surface area contributed by atoms with Crippen molar-refractivity contribution < 1.29 is 14.2 Å². The molecule has 154 valence electrons. The summed E-state index contributed by atoms with van der Waals surface area (Å²) in [4.78, 5) is 5.00. The van der Waals surface area contributed by atoms with Gasteiger partial charge in [0.05, 0.1) is 32.4 Å². The van der Waals surface area contributed by atoms with Crippen LogP contribution in [0.1, 0.15) is 16.7 Å². The molecule has 0 aliphatic rings. The molecular formula is C25H26N2O3. The summed E-state index contributed by atoms with van der Waals surface area (Å²) in [6, 6.07) is 18.7. The number of aromatic nitrogens is 2. The average Bonchev–Trinajstić information content (AvgIpc) is 3.10. The standard InChI is InChI=1S/C25H26N2O3/c1-16-10-11-21-20(12-16)26-25(19-9-7-6-8-17(19)2)27(21)15-18-13-22(28-3)24(30-5)23(14-18)29-4/h6-14H,15H2,1-5H3. The Morgan fingerprint density at radius 1 is 0.833 bits per heavy atom. The predicted octanol–water partition coefficient (Wildman–Crippen LogP) is 5.39. The number of fused-ring (bicyclic) bond motifs is 1. The lowest BCUT2D eigenvalue weighted by molar-refractivity contribution is 0.323. The number of aryl methyl sites for hydroxylation is 2. The highest BCUT2D eigenvalue weighted by molar-refractivity contribution is 5.82. The first kappa shape index (κ1) is 19.8. The zero-order valence-electron chi connectivity index (χ0n) is 18.0. The number of benzene rings is 3. The van der Waals surface area contributed by atoms with Crippen LogP contribution in [0.4, 0.5) is 0 Å². The average molecular weight is 402 g/mol. The number of nitrogens with zero attached hydrogens (tertiary/aromatic N) is 2. The van der Waals surface area contributed by atoms with Crippen molar-refractivity contribution in [3.05, 3.63) is 71.3 Å². The first-order valence-electron chi connectivity index (χ1n) is 9.87. The number of hydrogen-bond acceptors (Lipinski definition) is 4. The monoisotopic (exact) mass is 402 g/mol. The Morgan fingerprint density at radius 2 is 1.53 bits per heavy atom. The van der Waals surface area contributed by atoms with Crippen LogP contribution in [-0.2, 0) is 6.54 Å². The first-order valence-corrected chi connectivity index (χ1v) is 9.87. The fourth-order valence-electron chi connectivity index (χ4n) is 3.84. The maximum Gasteiger partial charge on any atom is 0.203 e. The van der Waals surface area contributed by atoms with E-state index in [9.17, 15) is 0 Å². The van der Waals surface area contributed by atoms with Gasteiger partial charge in [0.25, 0.3) is 0 Å². The molecule has 5 heteroatoms. The molecule has 0 N–H and O–H groups in total. The molecule has 0 atom stereocenters. The van der Waals surface area contributed by atoms with Crippen molar-refractivity contribution in [2.75, 3.05) is 21.3 Å². The zero-order valence-corrected chi connectivity index (χ0v) is 18.0. The number of hydrogen-bond donors (Lipinski definition) is 0. The Balaban J connectivity index is 1.91. The van der Waals surface area contributed by atoms with Gasteiger partial charge in [-0.15, -0.1) is 0 Å². The van der Waals surface area contributed by atoms with Gasteiger partial charge in [-0.05, 0) is 54.8 Å². The number of methoxy groups -OCH3 is 3. The molecule has 30 heavy (non-hydrogen) atoms. The predicted molar refractivity (Wildman–Crippen MR) is 120 cm³/mol. The van der Waals surface area contributed by atoms with Gasteiger partial charge in [-0.2, -0.15) is 0 Å². The molecule has 0 amide bonds. The Labute approximate surface area is 176 Å². The summed E-state index contributed by atoms with van der Waals surface area (Å²) in [7, 11) is 4.88. The highest BCUT2D eigenvalue weighted by Crippen LogP contribution is 2.39. The van der Waals surface area contributed by atoms with Crippen molar-refractivity contribution in [3.8, 4) is 28.6 Å². The smallest absolute Gasteiger partial charge is 0.203 e. The van der Waals surface area contributed by atoms with Gasteiger partial charge in [-0.1, -0.05) is 30.3 Å². The van der Waals surface area contributed by atoms with Gasteiger partial charge in [-0.25, -0.2) is 4.98 Å². The van der Waals surface area contributed by atoms with E-state index in [4.69, 9.17) is 19.2 Å². The molecule has 0 radical (unpaired) electrons. The summed E-state index contributed by atoms with van der Waals surface area (Å²) in [5.41, 5.74) is 6.62. The lowest BCUT2D eigenvalue weighted by atomic mass is 10.1. The molecular weight excluding hydrogens is 376 g/mol. The summed E-state index contributed by atoms with van der Waals surface area (Å²) < 4.78 is 18.8. The van der Waals surface area contributed by atoms with Crippen LogP contribution in [0, 0.1) is 13.8 Å². The largest absolute Gasteiger partial charge is 0.493 e. The molecule has 4 rings (SSSR count). The van der Waals surface area contributed by atoms with Crippen LogP contribution in [-0.4, -0.2) is 30.9 Å². The van der Waals surface area contributed by atoms with E-state index in [0.29, 0.717) is 23.8 Å². The van der Waals surface area contributed by atoms with E-state index in [1.807, 2.05) is 12.1 Å². The van der Waals surface area contributed by atoms with Gasteiger partial charge < -0.3 is 18.8 Å². The van der Waals surface area contributed by atoms with Crippen molar-refractivity contribution in [2.24, 2.45) is 0 Å².